The highest BCUT2D eigenvalue weighted by Gasteiger charge is 2.08. The molecule has 0 saturated carbocycles. The van der Waals surface area contributed by atoms with Gasteiger partial charge in [0.1, 0.15) is 5.76 Å². The maximum absolute atomic E-state index is 9.41. The van der Waals surface area contributed by atoms with Gasteiger partial charge in [0.25, 0.3) is 0 Å². The lowest BCUT2D eigenvalue weighted by Gasteiger charge is -2.03. The van der Waals surface area contributed by atoms with E-state index in [2.05, 4.69) is 4.98 Å². The first-order valence-corrected chi connectivity index (χ1v) is 4.50. The smallest absolute Gasteiger partial charge is 0.226 e. The Labute approximate surface area is 87.1 Å². The number of phenolic OH excluding ortho intramolecular Hbond substituents is 1. The van der Waals surface area contributed by atoms with E-state index in [1.165, 1.54) is 7.11 Å². The summed E-state index contributed by atoms with van der Waals surface area (Å²) in [6.07, 6.45) is 1.65. The van der Waals surface area contributed by atoms with Gasteiger partial charge in [0.2, 0.25) is 5.89 Å². The van der Waals surface area contributed by atoms with Crippen LogP contribution in [0.25, 0.3) is 11.5 Å². The Morgan fingerprint density at radius 1 is 1.40 bits per heavy atom. The predicted octanol–water partition coefficient (Wildman–Crippen LogP) is 2.36. The fourth-order valence-corrected chi connectivity index (χ4v) is 1.30. The minimum Gasteiger partial charge on any atom is -0.504 e. The first-order chi connectivity index (χ1) is 7.20. The Kier molecular flexibility index (Phi) is 2.33. The minimum absolute atomic E-state index is 0.101. The van der Waals surface area contributed by atoms with E-state index in [-0.39, 0.29) is 5.75 Å². The van der Waals surface area contributed by atoms with Crippen LogP contribution in [-0.2, 0) is 0 Å². The number of hydrogen-bond acceptors (Lipinski definition) is 4. The molecule has 1 aromatic carbocycles. The van der Waals surface area contributed by atoms with Crippen LogP contribution in [0.3, 0.4) is 0 Å². The van der Waals surface area contributed by atoms with Crippen molar-refractivity contribution in [1.29, 1.82) is 0 Å². The van der Waals surface area contributed by atoms with Crippen LogP contribution in [0.4, 0.5) is 0 Å². The third-order valence-electron chi connectivity index (χ3n) is 2.05. The summed E-state index contributed by atoms with van der Waals surface area (Å²) in [5, 5.41) is 9.41. The molecule has 0 amide bonds. The molecule has 1 aromatic heterocycles. The number of nitrogens with zero attached hydrogens (tertiary/aromatic N) is 1. The van der Waals surface area contributed by atoms with Gasteiger partial charge in [0.05, 0.1) is 13.3 Å². The minimum atomic E-state index is 0.101. The lowest BCUT2D eigenvalue weighted by atomic mass is 10.2. The molecule has 78 valence electrons. The molecule has 0 radical (unpaired) electrons. The molecule has 0 aliphatic carbocycles. The molecule has 0 saturated heterocycles. The maximum Gasteiger partial charge on any atom is 0.226 e. The van der Waals surface area contributed by atoms with Crippen molar-refractivity contribution in [3.8, 4) is 23.0 Å². The number of ether oxygens (including phenoxy) is 1. The van der Waals surface area contributed by atoms with Gasteiger partial charge in [-0.3, -0.25) is 0 Å². The second-order valence-corrected chi connectivity index (χ2v) is 3.16. The average Bonchev–Trinajstić information content (AvgIpc) is 2.66. The third-order valence-corrected chi connectivity index (χ3v) is 2.05. The molecule has 0 unspecified atom stereocenters. The maximum atomic E-state index is 9.41. The normalized spacial score (nSPS) is 10.3. The fraction of sp³-hybridized carbons (Fsp3) is 0.182. The molecule has 2 aromatic rings. The van der Waals surface area contributed by atoms with Crippen molar-refractivity contribution in [2.24, 2.45) is 0 Å². The van der Waals surface area contributed by atoms with Gasteiger partial charge in [-0.15, -0.1) is 0 Å². The molecule has 1 heterocycles. The number of oxazole rings is 1. The molecular weight excluding hydrogens is 194 g/mol. The zero-order chi connectivity index (χ0) is 10.8. The Hall–Kier alpha value is -1.97. The van der Waals surface area contributed by atoms with Crippen LogP contribution in [-0.4, -0.2) is 17.2 Å². The summed E-state index contributed by atoms with van der Waals surface area (Å²) in [5.41, 5.74) is 0.776. The van der Waals surface area contributed by atoms with Gasteiger partial charge < -0.3 is 14.3 Å². The molecule has 1 N–H and O–H groups in total. The van der Waals surface area contributed by atoms with Gasteiger partial charge in [-0.2, -0.15) is 0 Å². The standard InChI is InChI=1S/C11H11NO3/c1-7-6-12-11(15-7)8-3-4-9(13)10(5-8)14-2/h3-6,13H,1-2H3. The Balaban J connectivity index is 2.45. The summed E-state index contributed by atoms with van der Waals surface area (Å²) in [6.45, 7) is 1.83. The van der Waals surface area contributed by atoms with Crippen molar-refractivity contribution in [3.05, 3.63) is 30.2 Å². The number of aryl methyl sites for hydroxylation is 1. The molecule has 0 aliphatic rings. The lowest BCUT2D eigenvalue weighted by Crippen LogP contribution is -1.85. The first-order valence-electron chi connectivity index (χ1n) is 4.50. The van der Waals surface area contributed by atoms with E-state index < -0.39 is 0 Å². The Morgan fingerprint density at radius 2 is 2.20 bits per heavy atom. The highest BCUT2D eigenvalue weighted by molar-refractivity contribution is 5.59. The molecule has 0 fully saturated rings. The van der Waals surface area contributed by atoms with Crippen molar-refractivity contribution >= 4 is 0 Å². The van der Waals surface area contributed by atoms with Crippen LogP contribution >= 0.6 is 0 Å². The monoisotopic (exact) mass is 205 g/mol. The number of rotatable bonds is 2. The summed E-state index contributed by atoms with van der Waals surface area (Å²) < 4.78 is 10.4. The summed E-state index contributed by atoms with van der Waals surface area (Å²) in [7, 11) is 1.50. The molecule has 4 nitrogen and oxygen atoms in total. The van der Waals surface area contributed by atoms with E-state index in [9.17, 15) is 5.11 Å². The number of methoxy groups -OCH3 is 1. The largest absolute Gasteiger partial charge is 0.504 e. The van der Waals surface area contributed by atoms with Gasteiger partial charge >= 0.3 is 0 Å². The number of hydrogen-bond donors (Lipinski definition) is 1. The molecule has 2 rings (SSSR count). The van der Waals surface area contributed by atoms with Crippen LogP contribution < -0.4 is 4.74 Å². The quantitative estimate of drug-likeness (QED) is 0.817. The van der Waals surface area contributed by atoms with E-state index in [0.29, 0.717) is 11.6 Å². The number of aromatic hydroxyl groups is 1. The molecule has 15 heavy (non-hydrogen) atoms. The summed E-state index contributed by atoms with van der Waals surface area (Å²) in [4.78, 5) is 4.09. The first kappa shape index (κ1) is 9.58. The number of aromatic nitrogens is 1. The van der Waals surface area contributed by atoms with Crippen molar-refractivity contribution < 1.29 is 14.3 Å². The Bertz CT molecular complexity index is 476. The number of phenols is 1. The Morgan fingerprint density at radius 3 is 2.80 bits per heavy atom. The molecule has 0 spiro atoms. The van der Waals surface area contributed by atoms with Gasteiger partial charge in [-0.1, -0.05) is 0 Å². The molecule has 0 aliphatic heterocycles. The van der Waals surface area contributed by atoms with Crippen molar-refractivity contribution in [3.63, 3.8) is 0 Å². The van der Waals surface area contributed by atoms with E-state index in [0.717, 1.165) is 11.3 Å². The summed E-state index contributed by atoms with van der Waals surface area (Å²) in [6, 6.07) is 4.96. The van der Waals surface area contributed by atoms with Crippen LogP contribution in [0.2, 0.25) is 0 Å². The lowest BCUT2D eigenvalue weighted by molar-refractivity contribution is 0.373. The van der Waals surface area contributed by atoms with Crippen LogP contribution in [0.1, 0.15) is 5.76 Å². The second-order valence-electron chi connectivity index (χ2n) is 3.16. The van der Waals surface area contributed by atoms with Gasteiger partial charge in [0, 0.05) is 5.56 Å². The molecule has 0 atom stereocenters. The molecule has 0 bridgehead atoms. The van der Waals surface area contributed by atoms with E-state index in [1.807, 2.05) is 6.92 Å². The van der Waals surface area contributed by atoms with Crippen LogP contribution in [0.15, 0.2) is 28.8 Å². The van der Waals surface area contributed by atoms with Gasteiger partial charge in [-0.25, -0.2) is 4.98 Å². The zero-order valence-corrected chi connectivity index (χ0v) is 8.52. The van der Waals surface area contributed by atoms with Crippen LogP contribution in [0.5, 0.6) is 11.5 Å². The molecular formula is C11H11NO3. The average molecular weight is 205 g/mol. The SMILES string of the molecule is COc1cc(-c2ncc(C)o2)ccc1O. The topological polar surface area (TPSA) is 55.5 Å². The van der Waals surface area contributed by atoms with Crippen LogP contribution in [0, 0.1) is 6.92 Å². The van der Waals surface area contributed by atoms with E-state index in [1.54, 1.807) is 24.4 Å². The summed E-state index contributed by atoms with van der Waals surface area (Å²) in [5.74, 6) is 1.77. The van der Waals surface area contributed by atoms with Gasteiger partial charge in [0.15, 0.2) is 11.5 Å². The fourth-order valence-electron chi connectivity index (χ4n) is 1.30. The van der Waals surface area contributed by atoms with Crippen molar-refractivity contribution in [2.45, 2.75) is 6.92 Å². The number of benzene rings is 1. The van der Waals surface area contributed by atoms with Gasteiger partial charge in [-0.05, 0) is 25.1 Å². The van der Waals surface area contributed by atoms with Crippen molar-refractivity contribution in [1.82, 2.24) is 4.98 Å². The highest BCUT2D eigenvalue weighted by Crippen LogP contribution is 2.30. The van der Waals surface area contributed by atoms with Crippen molar-refractivity contribution in [2.75, 3.05) is 7.11 Å². The second kappa shape index (κ2) is 3.65. The predicted molar refractivity (Wildman–Crippen MR) is 54.9 cm³/mol. The third kappa shape index (κ3) is 1.79. The highest BCUT2D eigenvalue weighted by atomic mass is 16.5. The van der Waals surface area contributed by atoms with E-state index >= 15 is 0 Å². The van der Waals surface area contributed by atoms with E-state index in [4.69, 9.17) is 9.15 Å². The summed E-state index contributed by atoms with van der Waals surface area (Å²) >= 11 is 0. The zero-order valence-electron chi connectivity index (χ0n) is 8.52. The molecule has 4 heteroatoms.